The van der Waals surface area contributed by atoms with Crippen LogP contribution in [0.4, 0.5) is 0 Å². The Morgan fingerprint density at radius 2 is 1.73 bits per heavy atom. The highest BCUT2D eigenvalue weighted by Gasteiger charge is 2.42. The van der Waals surface area contributed by atoms with Gasteiger partial charge in [0.2, 0.25) is 0 Å². The molecule has 0 unspecified atom stereocenters. The summed E-state index contributed by atoms with van der Waals surface area (Å²) in [6, 6.07) is 16.3. The van der Waals surface area contributed by atoms with Crippen molar-refractivity contribution >= 4 is 11.8 Å². The number of nitrogens with zero attached hydrogens (tertiary/aromatic N) is 4. The molecule has 1 aromatic carbocycles. The number of carbonyl (C=O) groups is 2. The third-order valence-electron chi connectivity index (χ3n) is 8.23. The third-order valence-corrected chi connectivity index (χ3v) is 8.23. The summed E-state index contributed by atoms with van der Waals surface area (Å²) in [7, 11) is 0. The van der Waals surface area contributed by atoms with Gasteiger partial charge in [-0.2, -0.15) is 0 Å². The largest absolute Gasteiger partial charge is 0.360 e. The Labute approximate surface area is 217 Å². The van der Waals surface area contributed by atoms with Gasteiger partial charge in [0.15, 0.2) is 5.69 Å². The number of rotatable bonds is 7. The van der Waals surface area contributed by atoms with E-state index in [2.05, 4.69) is 39.3 Å². The second-order valence-electron chi connectivity index (χ2n) is 10.7. The van der Waals surface area contributed by atoms with Crippen LogP contribution in [0, 0.1) is 5.92 Å². The summed E-state index contributed by atoms with van der Waals surface area (Å²) in [5.74, 6) is 1.22. The zero-order chi connectivity index (χ0) is 25.2. The molecule has 192 valence electrons. The quantitative estimate of drug-likeness (QED) is 0.471. The molecule has 7 heteroatoms. The Morgan fingerprint density at radius 1 is 0.973 bits per heavy atom. The van der Waals surface area contributed by atoms with Gasteiger partial charge in [0.05, 0.1) is 0 Å². The molecule has 3 aliphatic rings. The predicted molar refractivity (Wildman–Crippen MR) is 139 cm³/mol. The summed E-state index contributed by atoms with van der Waals surface area (Å²) in [6.45, 7) is 1.35. The van der Waals surface area contributed by atoms with E-state index in [9.17, 15) is 9.59 Å². The van der Waals surface area contributed by atoms with Crippen molar-refractivity contribution in [3.63, 3.8) is 0 Å². The van der Waals surface area contributed by atoms with E-state index in [1.54, 1.807) is 6.20 Å². The van der Waals surface area contributed by atoms with Crippen molar-refractivity contribution in [1.82, 2.24) is 19.9 Å². The Balaban J connectivity index is 1.21. The number of benzene rings is 1. The monoisotopic (exact) mass is 498 g/mol. The molecule has 6 rings (SSSR count). The fourth-order valence-corrected chi connectivity index (χ4v) is 6.10. The van der Waals surface area contributed by atoms with Crippen LogP contribution in [-0.2, 0) is 19.3 Å². The Hall–Kier alpha value is -3.48. The van der Waals surface area contributed by atoms with Crippen LogP contribution >= 0.6 is 0 Å². The number of fused-ring (bicyclic) bond motifs is 1. The van der Waals surface area contributed by atoms with E-state index in [-0.39, 0.29) is 23.9 Å². The normalized spacial score (nSPS) is 18.8. The van der Waals surface area contributed by atoms with Gasteiger partial charge in [-0.05, 0) is 75.0 Å². The van der Waals surface area contributed by atoms with E-state index in [1.165, 1.54) is 5.56 Å². The first kappa shape index (κ1) is 23.9. The number of likely N-dealkylation sites (tertiary alicyclic amines) is 1. The van der Waals surface area contributed by atoms with Gasteiger partial charge in [-0.15, -0.1) is 0 Å². The molecule has 0 N–H and O–H groups in total. The van der Waals surface area contributed by atoms with E-state index >= 15 is 0 Å². The summed E-state index contributed by atoms with van der Waals surface area (Å²) in [4.78, 5) is 35.6. The van der Waals surface area contributed by atoms with Crippen molar-refractivity contribution < 1.29 is 14.1 Å². The molecule has 0 radical (unpaired) electrons. The molecular formula is C30H34N4O3. The van der Waals surface area contributed by atoms with Crippen molar-refractivity contribution in [2.75, 3.05) is 13.1 Å². The number of hydrogen-bond donors (Lipinski definition) is 0. The number of pyridine rings is 1. The average Bonchev–Trinajstić information content (AvgIpc) is 3.70. The lowest BCUT2D eigenvalue weighted by atomic mass is 9.84. The van der Waals surface area contributed by atoms with Gasteiger partial charge in [-0.25, -0.2) is 0 Å². The number of amides is 2. The highest BCUT2D eigenvalue weighted by molar-refractivity contribution is 5.94. The molecule has 2 aromatic heterocycles. The van der Waals surface area contributed by atoms with E-state index in [0.29, 0.717) is 30.4 Å². The van der Waals surface area contributed by atoms with Crippen molar-refractivity contribution in [2.45, 2.75) is 69.9 Å². The Kier molecular flexibility index (Phi) is 6.77. The van der Waals surface area contributed by atoms with Crippen molar-refractivity contribution in [1.29, 1.82) is 0 Å². The number of aromatic nitrogens is 2. The molecular weight excluding hydrogens is 464 g/mol. The lowest BCUT2D eigenvalue weighted by Gasteiger charge is -2.41. The molecule has 1 aliphatic heterocycles. The van der Waals surface area contributed by atoms with E-state index < -0.39 is 0 Å². The van der Waals surface area contributed by atoms with Gasteiger partial charge in [0, 0.05) is 43.4 Å². The minimum Gasteiger partial charge on any atom is -0.360 e. The van der Waals surface area contributed by atoms with Crippen LogP contribution in [-0.4, -0.2) is 56.9 Å². The topological polar surface area (TPSA) is 79.5 Å². The highest BCUT2D eigenvalue weighted by atomic mass is 16.5. The number of piperidine rings is 1. The molecule has 3 aromatic rings. The van der Waals surface area contributed by atoms with Crippen LogP contribution in [0.5, 0.6) is 0 Å². The molecule has 1 atom stereocenters. The van der Waals surface area contributed by atoms with E-state index in [1.807, 2.05) is 29.2 Å². The fourth-order valence-electron chi connectivity index (χ4n) is 6.10. The maximum atomic E-state index is 13.7. The number of hydrogen-bond acceptors (Lipinski definition) is 5. The van der Waals surface area contributed by atoms with E-state index in [0.717, 1.165) is 69.1 Å². The SMILES string of the molecule is O=C(c1noc2c1CCCC2)N1CCC([C@H](Cc2ccccc2)N(C(=O)c2ccccn2)C2CC2)CC1. The van der Waals surface area contributed by atoms with Crippen molar-refractivity contribution in [3.8, 4) is 0 Å². The van der Waals surface area contributed by atoms with Gasteiger partial charge >= 0.3 is 0 Å². The van der Waals surface area contributed by atoms with Crippen LogP contribution in [0.1, 0.15) is 76.4 Å². The summed E-state index contributed by atoms with van der Waals surface area (Å²) in [5.41, 5.74) is 3.27. The van der Waals surface area contributed by atoms with E-state index in [4.69, 9.17) is 4.52 Å². The van der Waals surface area contributed by atoms with Crippen molar-refractivity contribution in [3.05, 3.63) is 83.0 Å². The lowest BCUT2D eigenvalue weighted by Crippen LogP contribution is -2.51. The molecule has 2 aliphatic carbocycles. The van der Waals surface area contributed by atoms with Gasteiger partial charge in [-0.1, -0.05) is 41.6 Å². The molecule has 0 bridgehead atoms. The molecule has 1 saturated carbocycles. The highest BCUT2D eigenvalue weighted by Crippen LogP contribution is 2.36. The zero-order valence-electron chi connectivity index (χ0n) is 21.2. The summed E-state index contributed by atoms with van der Waals surface area (Å²) in [5, 5.41) is 4.17. The molecule has 7 nitrogen and oxygen atoms in total. The van der Waals surface area contributed by atoms with Crippen LogP contribution in [0.3, 0.4) is 0 Å². The number of aryl methyl sites for hydroxylation is 1. The Bertz CT molecular complexity index is 1230. The van der Waals surface area contributed by atoms with Gasteiger partial charge < -0.3 is 14.3 Å². The van der Waals surface area contributed by atoms with Crippen LogP contribution in [0.25, 0.3) is 0 Å². The molecule has 3 heterocycles. The Morgan fingerprint density at radius 3 is 2.46 bits per heavy atom. The smallest absolute Gasteiger partial charge is 0.276 e. The van der Waals surface area contributed by atoms with Crippen LogP contribution in [0.2, 0.25) is 0 Å². The first-order chi connectivity index (χ1) is 18.2. The molecule has 37 heavy (non-hydrogen) atoms. The standard InChI is InChI=1S/C30H34N4O3/c35-29(25-11-6-7-17-31-25)34(23-13-14-23)26(20-21-8-2-1-3-9-21)22-15-18-33(19-16-22)30(36)28-24-10-4-5-12-27(24)37-32-28/h1-3,6-9,11,17,22-23,26H,4-5,10,12-16,18-20H2/t26-/m0/s1. The fraction of sp³-hybridized carbons (Fsp3) is 0.467. The molecule has 2 amide bonds. The zero-order valence-corrected chi connectivity index (χ0v) is 21.2. The lowest BCUT2D eigenvalue weighted by molar-refractivity contribution is 0.0438. The third kappa shape index (κ3) is 5.04. The minimum absolute atomic E-state index is 0.00595. The van der Waals surface area contributed by atoms with Crippen molar-refractivity contribution in [2.24, 2.45) is 5.92 Å². The van der Waals surface area contributed by atoms with Gasteiger partial charge in [-0.3, -0.25) is 14.6 Å². The minimum atomic E-state index is -0.00595. The van der Waals surface area contributed by atoms with Crippen LogP contribution in [0.15, 0.2) is 59.3 Å². The molecule has 1 saturated heterocycles. The maximum absolute atomic E-state index is 13.7. The summed E-state index contributed by atoms with van der Waals surface area (Å²) in [6.07, 6.45) is 10.2. The predicted octanol–water partition coefficient (Wildman–Crippen LogP) is 4.72. The summed E-state index contributed by atoms with van der Waals surface area (Å²) >= 11 is 0. The number of carbonyl (C=O) groups excluding carboxylic acids is 2. The summed E-state index contributed by atoms with van der Waals surface area (Å²) < 4.78 is 5.51. The van der Waals surface area contributed by atoms with Gasteiger partial charge in [0.1, 0.15) is 11.5 Å². The second-order valence-corrected chi connectivity index (χ2v) is 10.7. The first-order valence-corrected chi connectivity index (χ1v) is 13.7. The molecule has 0 spiro atoms. The second kappa shape index (κ2) is 10.5. The van der Waals surface area contributed by atoms with Gasteiger partial charge in [0.25, 0.3) is 11.8 Å². The maximum Gasteiger partial charge on any atom is 0.276 e. The molecule has 2 fully saturated rings. The first-order valence-electron chi connectivity index (χ1n) is 13.7. The average molecular weight is 499 g/mol. The van der Waals surface area contributed by atoms with Crippen LogP contribution < -0.4 is 0 Å².